The molecule has 34 heavy (non-hydrogen) atoms. The summed E-state index contributed by atoms with van der Waals surface area (Å²) in [6.07, 6.45) is 0. The van der Waals surface area contributed by atoms with Gasteiger partial charge in [0.15, 0.2) is 11.5 Å². The minimum Gasteiger partial charge on any atom is -0.496 e. The van der Waals surface area contributed by atoms with E-state index in [0.29, 0.717) is 4.57 Å². The summed E-state index contributed by atoms with van der Waals surface area (Å²) in [4.78, 5) is 56.7. The Morgan fingerprint density at radius 2 is 1.91 bits per heavy atom. The molecule has 2 aromatic rings. The number of nitrogens with zero attached hydrogens (tertiary/aromatic N) is 4. The summed E-state index contributed by atoms with van der Waals surface area (Å²) in [5.74, 6) is -1.84. The summed E-state index contributed by atoms with van der Waals surface area (Å²) >= 11 is 0. The van der Waals surface area contributed by atoms with Crippen molar-refractivity contribution in [3.05, 3.63) is 56.1 Å². The summed E-state index contributed by atoms with van der Waals surface area (Å²) in [5, 5.41) is 10.4. The molecule has 1 N–H and O–H groups in total. The van der Waals surface area contributed by atoms with Gasteiger partial charge in [-0.1, -0.05) is 5.16 Å². The van der Waals surface area contributed by atoms with Gasteiger partial charge in [-0.2, -0.15) is 5.10 Å². The second-order valence-corrected chi connectivity index (χ2v) is 7.67. The average molecular weight is 477 g/mol. The van der Waals surface area contributed by atoms with E-state index in [-0.39, 0.29) is 35.4 Å². The van der Waals surface area contributed by atoms with Crippen molar-refractivity contribution in [2.45, 2.75) is 53.2 Å². The topological polar surface area (TPSA) is 134 Å². The Hall–Kier alpha value is -3.83. The molecule has 0 spiro atoms. The van der Waals surface area contributed by atoms with Crippen LogP contribution in [0, 0.1) is 5.82 Å². The van der Waals surface area contributed by atoms with Crippen molar-refractivity contribution >= 4 is 17.4 Å². The van der Waals surface area contributed by atoms with Crippen LogP contribution in [-0.4, -0.2) is 51.5 Å². The molecule has 1 amide bonds. The maximum absolute atomic E-state index is 13.8. The normalized spacial score (nSPS) is 12.4. The molecule has 1 aromatic carbocycles. The van der Waals surface area contributed by atoms with Crippen molar-refractivity contribution in [3.63, 3.8) is 0 Å². The molecule has 0 bridgehead atoms. The number of nitrogens with one attached hydrogen (secondary N) is 1. The Morgan fingerprint density at radius 3 is 2.50 bits per heavy atom. The first-order chi connectivity index (χ1) is 16.0. The van der Waals surface area contributed by atoms with Crippen LogP contribution < -0.4 is 21.3 Å². The van der Waals surface area contributed by atoms with Gasteiger partial charge in [-0.05, 0) is 52.8 Å². The predicted octanol–water partition coefficient (Wildman–Crippen LogP) is 1.28. The quantitative estimate of drug-likeness (QED) is 0.309. The van der Waals surface area contributed by atoms with Gasteiger partial charge in [-0.25, -0.2) is 18.4 Å². The van der Waals surface area contributed by atoms with Crippen molar-refractivity contribution in [3.8, 4) is 5.75 Å². The number of hydrogen-bond donors (Lipinski definition) is 1. The number of methoxy groups -OCH3 is 1. The molecule has 0 aliphatic carbocycles. The SMILES string of the molecule is CCO/N=C(\C)c1nn(CC(=O)c2cc(F)ccc2OC)c(=O)n(C(C)C(=O)NC(C)C)c1=O. The van der Waals surface area contributed by atoms with E-state index < -0.39 is 41.3 Å². The Balaban J connectivity index is 2.67. The molecule has 11 nitrogen and oxygen atoms in total. The number of amides is 1. The number of Topliss-reactive ketones (excluding diaryl/α,β-unsaturated/α-hetero) is 1. The average Bonchev–Trinajstić information content (AvgIpc) is 2.78. The van der Waals surface area contributed by atoms with Crippen LogP contribution in [0.25, 0.3) is 0 Å². The highest BCUT2D eigenvalue weighted by Gasteiger charge is 2.26. The largest absolute Gasteiger partial charge is 0.496 e. The Labute approximate surface area is 195 Å². The summed E-state index contributed by atoms with van der Waals surface area (Å²) in [7, 11) is 1.31. The lowest BCUT2D eigenvalue weighted by atomic mass is 10.1. The van der Waals surface area contributed by atoms with Crippen molar-refractivity contribution in [1.82, 2.24) is 19.7 Å². The minimum atomic E-state index is -1.21. The molecule has 0 saturated heterocycles. The van der Waals surface area contributed by atoms with Crippen LogP contribution in [0.5, 0.6) is 5.75 Å². The molecule has 0 fully saturated rings. The van der Waals surface area contributed by atoms with Gasteiger partial charge in [0, 0.05) is 6.04 Å². The van der Waals surface area contributed by atoms with Gasteiger partial charge in [0.25, 0.3) is 5.56 Å². The number of benzene rings is 1. The first kappa shape index (κ1) is 26.4. The van der Waals surface area contributed by atoms with E-state index in [1.54, 1.807) is 20.8 Å². The van der Waals surface area contributed by atoms with E-state index in [9.17, 15) is 23.6 Å². The van der Waals surface area contributed by atoms with Gasteiger partial charge in [0.1, 0.15) is 36.5 Å². The van der Waals surface area contributed by atoms with Crippen LogP contribution in [0.2, 0.25) is 0 Å². The molecule has 2 rings (SSSR count). The number of ketones is 1. The second-order valence-electron chi connectivity index (χ2n) is 7.67. The third-order valence-electron chi connectivity index (χ3n) is 4.70. The number of hydrogen-bond acceptors (Lipinski definition) is 8. The van der Waals surface area contributed by atoms with Gasteiger partial charge >= 0.3 is 5.69 Å². The zero-order chi connectivity index (χ0) is 25.6. The Morgan fingerprint density at radius 1 is 1.24 bits per heavy atom. The third kappa shape index (κ3) is 5.94. The van der Waals surface area contributed by atoms with Crippen molar-refractivity contribution in [2.24, 2.45) is 5.16 Å². The minimum absolute atomic E-state index is 0.0432. The zero-order valence-electron chi connectivity index (χ0n) is 19.9. The highest BCUT2D eigenvalue weighted by atomic mass is 19.1. The molecule has 12 heteroatoms. The van der Waals surface area contributed by atoms with Crippen LogP contribution in [0.1, 0.15) is 56.7 Å². The molecular formula is C22H28FN5O6. The summed E-state index contributed by atoms with van der Waals surface area (Å²) in [5.41, 5.74) is -2.21. The first-order valence-corrected chi connectivity index (χ1v) is 10.6. The van der Waals surface area contributed by atoms with E-state index in [0.717, 1.165) is 16.8 Å². The molecule has 0 aliphatic rings. The number of carbonyl (C=O) groups excluding carboxylic acids is 2. The fourth-order valence-corrected chi connectivity index (χ4v) is 3.05. The fourth-order valence-electron chi connectivity index (χ4n) is 3.05. The van der Waals surface area contributed by atoms with Gasteiger partial charge in [-0.15, -0.1) is 0 Å². The van der Waals surface area contributed by atoms with E-state index in [1.807, 2.05) is 0 Å². The van der Waals surface area contributed by atoms with E-state index in [1.165, 1.54) is 27.0 Å². The molecule has 0 radical (unpaired) electrons. The number of ether oxygens (including phenoxy) is 1. The van der Waals surface area contributed by atoms with Crippen molar-refractivity contribution in [1.29, 1.82) is 0 Å². The molecule has 184 valence electrons. The standard InChI is InChI=1S/C22H28FN5O6/c1-7-34-26-13(4)19-21(31)28(14(5)20(30)24-12(2)3)22(32)27(25-19)11-17(29)16-10-15(23)8-9-18(16)33-6/h8-10,12,14H,7,11H2,1-6H3,(H,24,30)/b26-13+. The first-order valence-electron chi connectivity index (χ1n) is 10.6. The van der Waals surface area contributed by atoms with Crippen LogP contribution >= 0.6 is 0 Å². The number of rotatable bonds is 10. The number of aromatic nitrogens is 3. The molecule has 1 atom stereocenters. The summed E-state index contributed by atoms with van der Waals surface area (Å²) in [6, 6.07) is 1.93. The van der Waals surface area contributed by atoms with Crippen molar-refractivity contribution in [2.75, 3.05) is 13.7 Å². The van der Waals surface area contributed by atoms with Gasteiger partial charge in [0.2, 0.25) is 5.91 Å². The molecule has 0 saturated carbocycles. The van der Waals surface area contributed by atoms with E-state index in [2.05, 4.69) is 15.6 Å². The van der Waals surface area contributed by atoms with Gasteiger partial charge in [0.05, 0.1) is 12.7 Å². The van der Waals surface area contributed by atoms with Gasteiger partial charge in [-0.3, -0.25) is 14.4 Å². The third-order valence-corrected chi connectivity index (χ3v) is 4.70. The van der Waals surface area contributed by atoms with Gasteiger partial charge < -0.3 is 14.9 Å². The maximum atomic E-state index is 13.8. The van der Waals surface area contributed by atoms with Crippen LogP contribution in [0.4, 0.5) is 4.39 Å². The Bertz CT molecular complexity index is 1220. The Kier molecular flexibility index (Phi) is 8.82. The number of halogens is 1. The second kappa shape index (κ2) is 11.3. The maximum Gasteiger partial charge on any atom is 0.348 e. The molecule has 1 aromatic heterocycles. The highest BCUT2D eigenvalue weighted by Crippen LogP contribution is 2.20. The van der Waals surface area contributed by atoms with Crippen LogP contribution in [0.15, 0.2) is 32.9 Å². The predicted molar refractivity (Wildman–Crippen MR) is 122 cm³/mol. The lowest BCUT2D eigenvalue weighted by molar-refractivity contribution is -0.124. The van der Waals surface area contributed by atoms with Crippen LogP contribution in [0.3, 0.4) is 0 Å². The van der Waals surface area contributed by atoms with E-state index >= 15 is 0 Å². The molecule has 1 heterocycles. The van der Waals surface area contributed by atoms with Crippen LogP contribution in [-0.2, 0) is 16.2 Å². The molecule has 0 aliphatic heterocycles. The van der Waals surface area contributed by atoms with E-state index in [4.69, 9.17) is 9.57 Å². The number of carbonyl (C=O) groups is 2. The number of oxime groups is 1. The smallest absolute Gasteiger partial charge is 0.348 e. The lowest BCUT2D eigenvalue weighted by Gasteiger charge is -2.18. The molecule has 1 unspecified atom stereocenters. The summed E-state index contributed by atoms with van der Waals surface area (Å²) < 4.78 is 20.3. The lowest BCUT2D eigenvalue weighted by Crippen LogP contribution is -2.50. The zero-order valence-corrected chi connectivity index (χ0v) is 19.9. The highest BCUT2D eigenvalue weighted by molar-refractivity contribution is 5.98. The van der Waals surface area contributed by atoms with Crippen molar-refractivity contribution < 1.29 is 23.6 Å². The summed E-state index contributed by atoms with van der Waals surface area (Å²) in [6.45, 7) is 7.53. The monoisotopic (exact) mass is 477 g/mol. The molecular weight excluding hydrogens is 449 g/mol. The fraction of sp³-hybridized carbons (Fsp3) is 0.455.